The van der Waals surface area contributed by atoms with Crippen LogP contribution < -0.4 is 15.7 Å². The van der Waals surface area contributed by atoms with Gasteiger partial charge >= 0.3 is 5.63 Å². The molecule has 32 heavy (non-hydrogen) atoms. The second-order valence-electron chi connectivity index (χ2n) is 7.82. The number of benzene rings is 2. The summed E-state index contributed by atoms with van der Waals surface area (Å²) in [6.07, 6.45) is 0. The first-order valence-electron chi connectivity index (χ1n) is 10.7. The number of rotatable bonds is 7. The number of amides is 1. The minimum atomic E-state index is -0.366. The summed E-state index contributed by atoms with van der Waals surface area (Å²) < 4.78 is 10.9. The second kappa shape index (κ2) is 10.1. The fraction of sp³-hybridized carbons (Fsp3) is 0.333. The number of hydrogen-bond donors (Lipinski definition) is 1. The molecule has 0 bridgehead atoms. The maximum Gasteiger partial charge on any atom is 0.338 e. The van der Waals surface area contributed by atoms with E-state index in [-0.39, 0.29) is 18.1 Å². The van der Waals surface area contributed by atoms with Gasteiger partial charge in [-0.1, -0.05) is 23.7 Å². The smallest absolute Gasteiger partial charge is 0.338 e. The normalized spacial score (nSPS) is 14.5. The Labute approximate surface area is 191 Å². The molecule has 8 heteroatoms. The van der Waals surface area contributed by atoms with E-state index in [1.165, 1.54) is 6.07 Å². The highest BCUT2D eigenvalue weighted by Crippen LogP contribution is 2.22. The highest BCUT2D eigenvalue weighted by molar-refractivity contribution is 6.31. The van der Waals surface area contributed by atoms with Crippen molar-refractivity contribution < 1.29 is 13.9 Å². The molecular formula is C24H26ClN3O4. The lowest BCUT2D eigenvalue weighted by Crippen LogP contribution is -2.50. The number of hydrogen-bond acceptors (Lipinski definition) is 6. The average Bonchev–Trinajstić information content (AvgIpc) is 2.80. The lowest BCUT2D eigenvalue weighted by atomic mass is 10.2. The fourth-order valence-corrected chi connectivity index (χ4v) is 3.89. The van der Waals surface area contributed by atoms with E-state index in [9.17, 15) is 9.59 Å². The number of carbonyl (C=O) groups is 1. The van der Waals surface area contributed by atoms with Gasteiger partial charge in [-0.05, 0) is 42.8 Å². The Balaban J connectivity index is 1.22. The monoisotopic (exact) mass is 455 g/mol. The number of aryl methyl sites for hydroxylation is 1. The molecule has 0 saturated carbocycles. The van der Waals surface area contributed by atoms with Crippen molar-refractivity contribution in [1.29, 1.82) is 0 Å². The van der Waals surface area contributed by atoms with Gasteiger partial charge < -0.3 is 19.4 Å². The molecular weight excluding hydrogens is 430 g/mol. The Bertz CT molecular complexity index is 1160. The molecule has 1 aromatic heterocycles. The minimum Gasteiger partial charge on any atom is -0.484 e. The molecule has 0 unspecified atom stereocenters. The van der Waals surface area contributed by atoms with Crippen molar-refractivity contribution >= 4 is 34.2 Å². The number of halogens is 1. The lowest BCUT2D eigenvalue weighted by molar-refractivity contribution is -0.135. The zero-order valence-electron chi connectivity index (χ0n) is 18.0. The fourth-order valence-electron chi connectivity index (χ4n) is 3.77. The van der Waals surface area contributed by atoms with E-state index in [1.807, 2.05) is 36.1 Å². The first kappa shape index (κ1) is 22.2. The van der Waals surface area contributed by atoms with E-state index in [2.05, 4.69) is 10.2 Å². The molecule has 2 heterocycles. The third-order valence-corrected chi connectivity index (χ3v) is 6.03. The lowest BCUT2D eigenvalue weighted by Gasteiger charge is -2.34. The molecule has 1 aliphatic heterocycles. The van der Waals surface area contributed by atoms with Crippen molar-refractivity contribution in [3.8, 4) is 5.75 Å². The predicted octanol–water partition coefficient (Wildman–Crippen LogP) is 3.39. The third kappa shape index (κ3) is 5.41. The first-order valence-corrected chi connectivity index (χ1v) is 11.0. The van der Waals surface area contributed by atoms with Gasteiger partial charge in [-0.25, -0.2) is 4.79 Å². The number of nitrogens with zero attached hydrogens (tertiary/aromatic N) is 2. The average molecular weight is 456 g/mol. The third-order valence-electron chi connectivity index (χ3n) is 5.61. The van der Waals surface area contributed by atoms with Crippen LogP contribution in [0, 0.1) is 6.92 Å². The zero-order chi connectivity index (χ0) is 22.5. The SMILES string of the molecule is Cc1cc(OCC(=O)N2CCN(CCNc3cc(=O)oc4ccccc34)CC2)ccc1Cl. The van der Waals surface area contributed by atoms with E-state index in [0.717, 1.165) is 36.3 Å². The van der Waals surface area contributed by atoms with Crippen molar-refractivity contribution in [2.24, 2.45) is 0 Å². The molecule has 4 rings (SSSR count). The van der Waals surface area contributed by atoms with Gasteiger partial charge in [0.25, 0.3) is 5.91 Å². The van der Waals surface area contributed by atoms with Crippen LogP contribution in [0.1, 0.15) is 5.56 Å². The summed E-state index contributed by atoms with van der Waals surface area (Å²) in [5, 5.41) is 4.91. The number of para-hydroxylation sites is 1. The molecule has 0 aliphatic carbocycles. The van der Waals surface area contributed by atoms with Gasteiger partial charge in [0, 0.05) is 55.7 Å². The highest BCUT2D eigenvalue weighted by Gasteiger charge is 2.21. The van der Waals surface area contributed by atoms with E-state index >= 15 is 0 Å². The zero-order valence-corrected chi connectivity index (χ0v) is 18.7. The number of nitrogens with one attached hydrogen (secondary N) is 1. The topological polar surface area (TPSA) is 75.0 Å². The Morgan fingerprint density at radius 2 is 1.91 bits per heavy atom. The predicted molar refractivity (Wildman–Crippen MR) is 126 cm³/mol. The molecule has 2 aromatic carbocycles. The molecule has 1 amide bonds. The summed E-state index contributed by atoms with van der Waals surface area (Å²) in [5.74, 6) is 0.630. The summed E-state index contributed by atoms with van der Waals surface area (Å²) in [7, 11) is 0. The van der Waals surface area contributed by atoms with Gasteiger partial charge in [0.2, 0.25) is 0 Å². The van der Waals surface area contributed by atoms with Crippen LogP contribution >= 0.6 is 11.6 Å². The van der Waals surface area contributed by atoms with Crippen molar-refractivity contribution in [3.63, 3.8) is 0 Å². The van der Waals surface area contributed by atoms with Crippen LogP contribution in [0.5, 0.6) is 5.75 Å². The number of fused-ring (bicyclic) bond motifs is 1. The van der Waals surface area contributed by atoms with E-state index in [1.54, 1.807) is 18.2 Å². The Morgan fingerprint density at radius 3 is 2.69 bits per heavy atom. The summed E-state index contributed by atoms with van der Waals surface area (Å²) in [6, 6.07) is 14.3. The van der Waals surface area contributed by atoms with Crippen LogP contribution in [0.4, 0.5) is 5.69 Å². The van der Waals surface area contributed by atoms with Gasteiger partial charge in [0.1, 0.15) is 11.3 Å². The molecule has 1 aliphatic rings. The summed E-state index contributed by atoms with van der Waals surface area (Å²) in [6.45, 7) is 6.36. The Hall–Kier alpha value is -3.03. The van der Waals surface area contributed by atoms with Gasteiger partial charge in [0.15, 0.2) is 6.61 Å². The van der Waals surface area contributed by atoms with E-state index in [4.69, 9.17) is 20.8 Å². The molecule has 1 fully saturated rings. The molecule has 7 nitrogen and oxygen atoms in total. The van der Waals surface area contributed by atoms with Crippen LogP contribution in [0.25, 0.3) is 11.0 Å². The second-order valence-corrected chi connectivity index (χ2v) is 8.23. The number of ether oxygens (including phenoxy) is 1. The van der Waals surface area contributed by atoms with Crippen LogP contribution in [-0.2, 0) is 4.79 Å². The van der Waals surface area contributed by atoms with Gasteiger partial charge in [-0.2, -0.15) is 0 Å². The van der Waals surface area contributed by atoms with Crippen LogP contribution in [0.3, 0.4) is 0 Å². The minimum absolute atomic E-state index is 0.0159. The standard InChI is InChI=1S/C24H26ClN3O4/c1-17-14-18(6-7-20(17)25)31-16-23(29)28-12-10-27(11-13-28)9-8-26-21-15-24(30)32-22-5-3-2-4-19(21)22/h2-7,14-15,26H,8-13,16H2,1H3. The molecule has 0 spiro atoms. The summed E-state index contributed by atoms with van der Waals surface area (Å²) in [4.78, 5) is 28.4. The molecule has 1 N–H and O–H groups in total. The maximum atomic E-state index is 12.5. The van der Waals surface area contributed by atoms with Crippen molar-refractivity contribution in [3.05, 3.63) is 69.5 Å². The molecule has 3 aromatic rings. The summed E-state index contributed by atoms with van der Waals surface area (Å²) in [5.41, 5.74) is 1.91. The molecule has 0 atom stereocenters. The number of carbonyl (C=O) groups excluding carboxylic acids is 1. The Kier molecular flexibility index (Phi) is 6.97. The molecule has 168 valence electrons. The van der Waals surface area contributed by atoms with Gasteiger partial charge in [-0.3, -0.25) is 9.69 Å². The largest absolute Gasteiger partial charge is 0.484 e. The van der Waals surface area contributed by atoms with E-state index in [0.29, 0.717) is 36.0 Å². The van der Waals surface area contributed by atoms with Crippen LogP contribution in [-0.4, -0.2) is 61.6 Å². The van der Waals surface area contributed by atoms with E-state index < -0.39 is 0 Å². The first-order chi connectivity index (χ1) is 15.5. The number of anilines is 1. The maximum absolute atomic E-state index is 12.5. The van der Waals surface area contributed by atoms with Gasteiger partial charge in [-0.15, -0.1) is 0 Å². The van der Waals surface area contributed by atoms with Crippen molar-refractivity contribution in [1.82, 2.24) is 9.80 Å². The quantitative estimate of drug-likeness (QED) is 0.550. The van der Waals surface area contributed by atoms with Crippen molar-refractivity contribution in [2.75, 3.05) is 51.2 Å². The number of piperazine rings is 1. The highest BCUT2D eigenvalue weighted by atomic mass is 35.5. The molecule has 1 saturated heterocycles. The van der Waals surface area contributed by atoms with Crippen LogP contribution in [0.2, 0.25) is 5.02 Å². The van der Waals surface area contributed by atoms with Gasteiger partial charge in [0.05, 0.1) is 5.69 Å². The van der Waals surface area contributed by atoms with Crippen molar-refractivity contribution in [2.45, 2.75) is 6.92 Å². The van der Waals surface area contributed by atoms with Crippen LogP contribution in [0.15, 0.2) is 57.7 Å². The summed E-state index contributed by atoms with van der Waals surface area (Å²) >= 11 is 6.02. The Morgan fingerprint density at radius 1 is 1.12 bits per heavy atom. The molecule has 0 radical (unpaired) electrons.